The SMILES string of the molecule is Cc1nc(C)c(C2(C/C=C/OC(=O)C(C)(C)C)C(=O)N(C)c3ccccc32)s1. The molecule has 148 valence electrons. The van der Waals surface area contributed by atoms with Crippen molar-refractivity contribution in [2.45, 2.75) is 46.5 Å². The third kappa shape index (κ3) is 3.26. The fraction of sp³-hybridized carbons (Fsp3) is 0.409. The summed E-state index contributed by atoms with van der Waals surface area (Å²) >= 11 is 1.55. The summed E-state index contributed by atoms with van der Waals surface area (Å²) < 4.78 is 5.28. The van der Waals surface area contributed by atoms with Crippen LogP contribution in [0.4, 0.5) is 5.69 Å². The molecule has 2 heterocycles. The van der Waals surface area contributed by atoms with Crippen LogP contribution < -0.4 is 4.90 Å². The zero-order chi connectivity index (χ0) is 20.7. The molecule has 28 heavy (non-hydrogen) atoms. The van der Waals surface area contributed by atoms with E-state index in [1.165, 1.54) is 6.26 Å². The summed E-state index contributed by atoms with van der Waals surface area (Å²) in [6.07, 6.45) is 3.58. The Morgan fingerprint density at radius 3 is 2.57 bits per heavy atom. The van der Waals surface area contributed by atoms with E-state index in [2.05, 4.69) is 4.98 Å². The van der Waals surface area contributed by atoms with Gasteiger partial charge in [0.05, 0.1) is 22.4 Å². The molecule has 0 spiro atoms. The number of hydrogen-bond acceptors (Lipinski definition) is 5. The van der Waals surface area contributed by atoms with Gasteiger partial charge in [0.15, 0.2) is 0 Å². The van der Waals surface area contributed by atoms with Crippen LogP contribution in [0.25, 0.3) is 0 Å². The van der Waals surface area contributed by atoms with Crippen LogP contribution in [0, 0.1) is 19.3 Å². The van der Waals surface area contributed by atoms with Crippen LogP contribution in [-0.4, -0.2) is 23.9 Å². The lowest BCUT2D eigenvalue weighted by Crippen LogP contribution is -2.39. The lowest BCUT2D eigenvalue weighted by Gasteiger charge is -2.26. The molecule has 0 aliphatic carbocycles. The molecule has 3 rings (SSSR count). The molecule has 0 fully saturated rings. The van der Waals surface area contributed by atoms with Crippen molar-refractivity contribution >= 4 is 28.9 Å². The number of benzene rings is 1. The van der Waals surface area contributed by atoms with Crippen molar-refractivity contribution in [3.8, 4) is 0 Å². The van der Waals surface area contributed by atoms with E-state index < -0.39 is 10.8 Å². The molecule has 1 aromatic carbocycles. The van der Waals surface area contributed by atoms with Crippen molar-refractivity contribution in [2.24, 2.45) is 5.41 Å². The van der Waals surface area contributed by atoms with Crippen molar-refractivity contribution in [3.63, 3.8) is 0 Å². The Bertz CT molecular complexity index is 955. The summed E-state index contributed by atoms with van der Waals surface area (Å²) in [4.78, 5) is 32.7. The van der Waals surface area contributed by atoms with Crippen LogP contribution in [0.1, 0.15) is 48.3 Å². The normalized spacial score (nSPS) is 19.4. The molecule has 0 bridgehead atoms. The van der Waals surface area contributed by atoms with Crippen molar-refractivity contribution in [1.29, 1.82) is 0 Å². The van der Waals surface area contributed by atoms with Crippen molar-refractivity contribution < 1.29 is 14.3 Å². The Balaban J connectivity index is 2.04. The number of anilines is 1. The topological polar surface area (TPSA) is 59.5 Å². The Labute approximate surface area is 170 Å². The fourth-order valence-corrected chi connectivity index (χ4v) is 4.71. The van der Waals surface area contributed by atoms with E-state index in [1.807, 2.05) is 38.1 Å². The van der Waals surface area contributed by atoms with Crippen LogP contribution in [0.5, 0.6) is 0 Å². The fourth-order valence-electron chi connectivity index (χ4n) is 3.59. The summed E-state index contributed by atoms with van der Waals surface area (Å²) in [6, 6.07) is 7.85. The number of nitrogens with zero attached hydrogens (tertiary/aromatic N) is 2. The maximum absolute atomic E-state index is 13.5. The average Bonchev–Trinajstić information content (AvgIpc) is 3.07. The number of amides is 1. The molecule has 6 heteroatoms. The van der Waals surface area contributed by atoms with Gasteiger partial charge < -0.3 is 9.64 Å². The first-order valence-corrected chi connectivity index (χ1v) is 10.1. The van der Waals surface area contributed by atoms with Gasteiger partial charge in [-0.2, -0.15) is 0 Å². The third-order valence-corrected chi connectivity index (χ3v) is 6.23. The maximum Gasteiger partial charge on any atom is 0.316 e. The highest BCUT2D eigenvalue weighted by Crippen LogP contribution is 2.50. The number of esters is 1. The number of likely N-dealkylation sites (N-methyl/N-ethyl adjacent to an activating group) is 1. The average molecular weight is 399 g/mol. The van der Waals surface area contributed by atoms with Crippen LogP contribution in [-0.2, 0) is 19.7 Å². The quantitative estimate of drug-likeness (QED) is 0.561. The van der Waals surface area contributed by atoms with Gasteiger partial charge >= 0.3 is 5.97 Å². The molecular formula is C22H26N2O3S. The molecule has 0 saturated heterocycles. The number of aryl methyl sites for hydroxylation is 2. The molecule has 1 aliphatic heterocycles. The van der Waals surface area contributed by atoms with Gasteiger partial charge in [0.1, 0.15) is 5.41 Å². The molecule has 0 saturated carbocycles. The van der Waals surface area contributed by atoms with Crippen molar-refractivity contribution in [2.75, 3.05) is 11.9 Å². The number of ether oxygens (including phenoxy) is 1. The minimum atomic E-state index is -0.855. The lowest BCUT2D eigenvalue weighted by molar-refractivity contribution is -0.146. The van der Waals surface area contributed by atoms with Gasteiger partial charge in [0, 0.05) is 17.6 Å². The second-order valence-corrected chi connectivity index (χ2v) is 9.37. The molecule has 1 aliphatic rings. The van der Waals surface area contributed by atoms with Crippen molar-refractivity contribution in [3.05, 3.63) is 57.7 Å². The molecule has 1 amide bonds. The summed E-state index contributed by atoms with van der Waals surface area (Å²) in [7, 11) is 1.80. The molecule has 1 aromatic heterocycles. The Kier molecular flexibility index (Phi) is 5.19. The highest BCUT2D eigenvalue weighted by atomic mass is 32.1. The smallest absolute Gasteiger partial charge is 0.316 e. The second kappa shape index (κ2) is 7.17. The van der Waals surface area contributed by atoms with Gasteiger partial charge in [-0.15, -0.1) is 11.3 Å². The lowest BCUT2D eigenvalue weighted by atomic mass is 9.76. The Hall–Kier alpha value is -2.47. The van der Waals surface area contributed by atoms with Gasteiger partial charge in [-0.05, 0) is 58.7 Å². The number of allylic oxidation sites excluding steroid dienone is 1. The summed E-state index contributed by atoms with van der Waals surface area (Å²) in [6.45, 7) is 9.31. The first kappa shape index (κ1) is 20.3. The predicted molar refractivity (Wildman–Crippen MR) is 112 cm³/mol. The zero-order valence-corrected chi connectivity index (χ0v) is 18.0. The number of thiazole rings is 1. The van der Waals surface area contributed by atoms with E-state index in [4.69, 9.17) is 4.74 Å². The van der Waals surface area contributed by atoms with Crippen LogP contribution in [0.2, 0.25) is 0 Å². The number of rotatable bonds is 4. The van der Waals surface area contributed by atoms with Gasteiger partial charge in [0.2, 0.25) is 5.91 Å². The molecule has 2 aromatic rings. The number of fused-ring (bicyclic) bond motifs is 1. The van der Waals surface area contributed by atoms with Crippen LogP contribution >= 0.6 is 11.3 Å². The molecule has 1 unspecified atom stereocenters. The van der Waals surface area contributed by atoms with E-state index >= 15 is 0 Å². The summed E-state index contributed by atoms with van der Waals surface area (Å²) in [5.41, 5.74) is 1.29. The zero-order valence-electron chi connectivity index (χ0n) is 17.2. The highest BCUT2D eigenvalue weighted by molar-refractivity contribution is 7.12. The standard InChI is InChI=1S/C22H26N2O3S/c1-14-18(28-15(2)23-14)22(12-9-13-27-20(26)21(3,4)5)16-10-7-8-11-17(16)24(6)19(22)25/h7-11,13H,12H2,1-6H3/b13-9+. The summed E-state index contributed by atoms with van der Waals surface area (Å²) in [5.74, 6) is -0.301. The molecule has 0 N–H and O–H groups in total. The number of carbonyl (C=O) groups is 2. The highest BCUT2D eigenvalue weighted by Gasteiger charge is 2.52. The van der Waals surface area contributed by atoms with Crippen LogP contribution in [0.3, 0.4) is 0 Å². The van der Waals surface area contributed by atoms with Gasteiger partial charge in [-0.1, -0.05) is 18.2 Å². The van der Waals surface area contributed by atoms with Gasteiger partial charge in [0.25, 0.3) is 0 Å². The van der Waals surface area contributed by atoms with Gasteiger partial charge in [-0.25, -0.2) is 4.98 Å². The molecule has 5 nitrogen and oxygen atoms in total. The predicted octanol–water partition coefficient (Wildman–Crippen LogP) is 4.52. The van der Waals surface area contributed by atoms with Crippen LogP contribution in [0.15, 0.2) is 36.6 Å². The summed E-state index contributed by atoms with van der Waals surface area (Å²) in [5, 5.41) is 0.926. The Morgan fingerprint density at radius 2 is 1.96 bits per heavy atom. The first-order valence-electron chi connectivity index (χ1n) is 9.27. The number of hydrogen-bond donors (Lipinski definition) is 0. The number of carbonyl (C=O) groups excluding carboxylic acids is 2. The number of aromatic nitrogens is 1. The molecular weight excluding hydrogens is 372 g/mol. The number of para-hydroxylation sites is 1. The monoisotopic (exact) mass is 398 g/mol. The minimum Gasteiger partial charge on any atom is -0.434 e. The third-order valence-electron chi connectivity index (χ3n) is 4.99. The maximum atomic E-state index is 13.5. The first-order chi connectivity index (χ1) is 13.1. The van der Waals surface area contributed by atoms with E-state index in [0.717, 1.165) is 26.8 Å². The van der Waals surface area contributed by atoms with Crippen molar-refractivity contribution in [1.82, 2.24) is 4.98 Å². The minimum absolute atomic E-state index is 0.00671. The van der Waals surface area contributed by atoms with E-state index in [1.54, 1.807) is 50.1 Å². The van der Waals surface area contributed by atoms with E-state index in [9.17, 15) is 9.59 Å². The van der Waals surface area contributed by atoms with E-state index in [0.29, 0.717) is 6.42 Å². The van der Waals surface area contributed by atoms with Gasteiger partial charge in [-0.3, -0.25) is 9.59 Å². The molecule has 0 radical (unpaired) electrons. The molecule has 1 atom stereocenters. The Morgan fingerprint density at radius 1 is 1.29 bits per heavy atom. The second-order valence-electron chi connectivity index (χ2n) is 8.17. The van der Waals surface area contributed by atoms with E-state index in [-0.39, 0.29) is 11.9 Å². The largest absolute Gasteiger partial charge is 0.434 e.